The molecule has 2 saturated heterocycles. The summed E-state index contributed by atoms with van der Waals surface area (Å²) in [5.41, 5.74) is 3.78. The molecule has 0 bridgehead atoms. The van der Waals surface area contributed by atoms with E-state index < -0.39 is 0 Å². The first kappa shape index (κ1) is 19.5. The summed E-state index contributed by atoms with van der Waals surface area (Å²) >= 11 is 0. The van der Waals surface area contributed by atoms with Gasteiger partial charge in [0.05, 0.1) is 18.1 Å². The van der Waals surface area contributed by atoms with Gasteiger partial charge in [0.15, 0.2) is 0 Å². The van der Waals surface area contributed by atoms with Crippen LogP contribution in [-0.2, 0) is 0 Å². The van der Waals surface area contributed by atoms with Crippen molar-refractivity contribution < 1.29 is 4.79 Å². The zero-order chi connectivity index (χ0) is 21.4. The van der Waals surface area contributed by atoms with Gasteiger partial charge in [-0.1, -0.05) is 36.4 Å². The fraction of sp³-hybridized carbons (Fsp3) is 0.320. The predicted molar refractivity (Wildman–Crippen MR) is 123 cm³/mol. The van der Waals surface area contributed by atoms with Crippen molar-refractivity contribution >= 4 is 17.4 Å². The highest BCUT2D eigenvalue weighted by Gasteiger charge is 2.42. The van der Waals surface area contributed by atoms with Gasteiger partial charge >= 0.3 is 0 Å². The Morgan fingerprint density at radius 1 is 0.903 bits per heavy atom. The lowest BCUT2D eigenvalue weighted by atomic mass is 10.0. The van der Waals surface area contributed by atoms with E-state index in [0.29, 0.717) is 11.8 Å². The summed E-state index contributed by atoms with van der Waals surface area (Å²) in [6.45, 7) is 3.46. The number of fused-ring (bicyclic) bond motifs is 1. The van der Waals surface area contributed by atoms with Crippen molar-refractivity contribution in [3.63, 3.8) is 0 Å². The summed E-state index contributed by atoms with van der Waals surface area (Å²) in [6.07, 6.45) is 3.73. The summed E-state index contributed by atoms with van der Waals surface area (Å²) in [5, 5.41) is 0. The first-order chi connectivity index (χ1) is 15.1. The molecule has 31 heavy (non-hydrogen) atoms. The minimum atomic E-state index is 0.136. The van der Waals surface area contributed by atoms with Crippen LogP contribution in [0.2, 0.25) is 0 Å². The molecule has 0 saturated carbocycles. The van der Waals surface area contributed by atoms with Crippen LogP contribution in [0, 0.1) is 11.8 Å². The third kappa shape index (κ3) is 3.85. The van der Waals surface area contributed by atoms with Gasteiger partial charge in [-0.2, -0.15) is 0 Å². The Bertz CT molecular complexity index is 1050. The molecule has 158 valence electrons. The Morgan fingerprint density at radius 2 is 1.65 bits per heavy atom. The third-order valence-corrected chi connectivity index (χ3v) is 6.41. The number of rotatable bonds is 4. The van der Waals surface area contributed by atoms with Crippen molar-refractivity contribution in [3.05, 3.63) is 72.6 Å². The Morgan fingerprint density at radius 3 is 2.29 bits per heavy atom. The number of hydrogen-bond donors (Lipinski definition) is 0. The van der Waals surface area contributed by atoms with Crippen LogP contribution in [-0.4, -0.2) is 61.0 Å². The minimum Gasteiger partial charge on any atom is -0.378 e. The number of nitrogens with zero attached hydrogens (tertiary/aromatic N) is 5. The number of carbonyl (C=O) groups is 1. The highest BCUT2D eigenvalue weighted by molar-refractivity contribution is 5.95. The van der Waals surface area contributed by atoms with Crippen LogP contribution >= 0.6 is 0 Å². The Kier molecular flexibility index (Phi) is 5.06. The highest BCUT2D eigenvalue weighted by atomic mass is 16.2. The van der Waals surface area contributed by atoms with E-state index in [2.05, 4.69) is 14.9 Å². The van der Waals surface area contributed by atoms with Gasteiger partial charge in [0.2, 0.25) is 0 Å². The van der Waals surface area contributed by atoms with Crippen molar-refractivity contribution in [1.82, 2.24) is 14.9 Å². The molecule has 3 heterocycles. The first-order valence-corrected chi connectivity index (χ1v) is 10.8. The molecule has 3 aromatic rings. The quantitative estimate of drug-likeness (QED) is 0.656. The Balaban J connectivity index is 1.23. The van der Waals surface area contributed by atoms with E-state index in [1.54, 1.807) is 0 Å². The number of amides is 1. The van der Waals surface area contributed by atoms with Gasteiger partial charge in [-0.05, 0) is 18.2 Å². The summed E-state index contributed by atoms with van der Waals surface area (Å²) in [6, 6.07) is 18.0. The van der Waals surface area contributed by atoms with E-state index in [-0.39, 0.29) is 5.91 Å². The molecule has 6 nitrogen and oxygen atoms in total. The second kappa shape index (κ2) is 8.02. The number of carbonyl (C=O) groups excluding carboxylic acids is 1. The molecule has 2 aliphatic rings. The maximum Gasteiger partial charge on any atom is 0.253 e. The monoisotopic (exact) mass is 413 g/mol. The van der Waals surface area contributed by atoms with Gasteiger partial charge in [-0.15, -0.1) is 0 Å². The first-order valence-electron chi connectivity index (χ1n) is 10.8. The zero-order valence-corrected chi connectivity index (χ0v) is 18.0. The van der Waals surface area contributed by atoms with Crippen LogP contribution < -0.4 is 9.80 Å². The van der Waals surface area contributed by atoms with Crippen molar-refractivity contribution in [3.8, 4) is 11.3 Å². The average molecular weight is 414 g/mol. The SMILES string of the molecule is CN(C)c1cccc(C(=O)N2CC3CN(c4cnc(-c5ccccc5)cn4)CC3C2)c1. The normalized spacial score (nSPS) is 20.1. The number of anilines is 2. The molecule has 0 spiro atoms. The van der Waals surface area contributed by atoms with Gasteiger partial charge < -0.3 is 14.7 Å². The lowest BCUT2D eigenvalue weighted by molar-refractivity contribution is 0.0782. The van der Waals surface area contributed by atoms with Crippen LogP contribution in [0.5, 0.6) is 0 Å². The Labute approximate surface area is 183 Å². The zero-order valence-electron chi connectivity index (χ0n) is 18.0. The summed E-state index contributed by atoms with van der Waals surface area (Å²) in [5.74, 6) is 2.02. The lowest BCUT2D eigenvalue weighted by Gasteiger charge is -2.23. The van der Waals surface area contributed by atoms with E-state index in [9.17, 15) is 4.79 Å². The topological polar surface area (TPSA) is 52.6 Å². The molecule has 1 amide bonds. The van der Waals surface area contributed by atoms with Crippen molar-refractivity contribution in [2.45, 2.75) is 0 Å². The van der Waals surface area contributed by atoms with E-state index in [0.717, 1.165) is 54.5 Å². The molecule has 0 aliphatic carbocycles. The summed E-state index contributed by atoms with van der Waals surface area (Å²) in [7, 11) is 3.99. The van der Waals surface area contributed by atoms with Gasteiger partial charge in [0, 0.05) is 68.9 Å². The second-order valence-corrected chi connectivity index (χ2v) is 8.71. The smallest absolute Gasteiger partial charge is 0.253 e. The molecule has 2 unspecified atom stereocenters. The van der Waals surface area contributed by atoms with Gasteiger partial charge in [0.25, 0.3) is 5.91 Å². The molecule has 2 aromatic carbocycles. The Hall–Kier alpha value is -3.41. The van der Waals surface area contributed by atoms with Crippen LogP contribution in [0.3, 0.4) is 0 Å². The number of benzene rings is 2. The summed E-state index contributed by atoms with van der Waals surface area (Å²) in [4.78, 5) is 28.7. The van der Waals surface area contributed by atoms with Crippen molar-refractivity contribution in [2.24, 2.45) is 11.8 Å². The average Bonchev–Trinajstić information content (AvgIpc) is 3.39. The standard InChI is InChI=1S/C25H27N5O/c1-28(2)22-10-6-9-19(11-22)25(31)30-16-20-14-29(15-21(20)17-30)24-13-26-23(12-27-24)18-7-4-3-5-8-18/h3-13,20-21H,14-17H2,1-2H3. The molecular weight excluding hydrogens is 386 g/mol. The highest BCUT2D eigenvalue weighted by Crippen LogP contribution is 2.34. The lowest BCUT2D eigenvalue weighted by Crippen LogP contribution is -2.33. The van der Waals surface area contributed by atoms with Gasteiger partial charge in [-0.25, -0.2) is 4.98 Å². The summed E-state index contributed by atoms with van der Waals surface area (Å²) < 4.78 is 0. The fourth-order valence-corrected chi connectivity index (χ4v) is 4.69. The van der Waals surface area contributed by atoms with Gasteiger partial charge in [0.1, 0.15) is 5.82 Å². The molecule has 5 rings (SSSR count). The molecule has 2 atom stereocenters. The maximum absolute atomic E-state index is 13.0. The number of aromatic nitrogens is 2. The van der Waals surface area contributed by atoms with E-state index in [1.807, 2.05) is 90.9 Å². The molecule has 2 aliphatic heterocycles. The number of hydrogen-bond acceptors (Lipinski definition) is 5. The molecule has 6 heteroatoms. The van der Waals surface area contributed by atoms with Crippen LogP contribution in [0.1, 0.15) is 10.4 Å². The van der Waals surface area contributed by atoms with Crippen molar-refractivity contribution in [1.29, 1.82) is 0 Å². The van der Waals surface area contributed by atoms with E-state index in [4.69, 9.17) is 0 Å². The maximum atomic E-state index is 13.0. The largest absolute Gasteiger partial charge is 0.378 e. The van der Waals surface area contributed by atoms with E-state index >= 15 is 0 Å². The van der Waals surface area contributed by atoms with Crippen LogP contribution in [0.15, 0.2) is 67.0 Å². The molecule has 0 N–H and O–H groups in total. The van der Waals surface area contributed by atoms with Crippen LogP contribution in [0.25, 0.3) is 11.3 Å². The van der Waals surface area contributed by atoms with Crippen molar-refractivity contribution in [2.75, 3.05) is 50.1 Å². The second-order valence-electron chi connectivity index (χ2n) is 8.71. The molecule has 1 aromatic heterocycles. The minimum absolute atomic E-state index is 0.136. The molecule has 0 radical (unpaired) electrons. The fourth-order valence-electron chi connectivity index (χ4n) is 4.69. The van der Waals surface area contributed by atoms with Gasteiger partial charge in [-0.3, -0.25) is 9.78 Å². The van der Waals surface area contributed by atoms with E-state index in [1.165, 1.54) is 0 Å². The third-order valence-electron chi connectivity index (χ3n) is 6.41. The predicted octanol–water partition coefficient (Wildman–Crippen LogP) is 3.42. The number of likely N-dealkylation sites (tertiary alicyclic amines) is 1. The molecular formula is C25H27N5O. The van der Waals surface area contributed by atoms with Crippen LogP contribution in [0.4, 0.5) is 11.5 Å². The molecule has 2 fully saturated rings.